The molecule has 0 radical (unpaired) electrons. The van der Waals surface area contributed by atoms with E-state index < -0.39 is 0 Å². The second kappa shape index (κ2) is 5.22. The Labute approximate surface area is 119 Å². The quantitative estimate of drug-likeness (QED) is 0.640. The zero-order chi connectivity index (χ0) is 13.3. The molecule has 94 valence electrons. The zero-order valence-electron chi connectivity index (χ0n) is 9.07. The van der Waals surface area contributed by atoms with E-state index in [-0.39, 0.29) is 29.8 Å². The van der Waals surface area contributed by atoms with E-state index in [0.29, 0.717) is 15.7 Å². The number of nitrogens with one attached hydrogen (secondary N) is 1. The molecule has 2 amide bonds. The Morgan fingerprint density at radius 2 is 1.78 bits per heavy atom. The second-order valence-electron chi connectivity index (χ2n) is 3.68. The maximum absolute atomic E-state index is 11.5. The lowest BCUT2D eigenvalue weighted by atomic mass is 10.3. The number of carbonyl (C=O) groups is 2. The third kappa shape index (κ3) is 2.63. The topological polar surface area (TPSA) is 49.4 Å². The van der Waals surface area contributed by atoms with Crippen LogP contribution in [0.25, 0.3) is 0 Å². The first-order chi connectivity index (χ1) is 8.49. The Balaban J connectivity index is 2.14. The third-order valence-corrected chi connectivity index (χ3v) is 3.45. The molecule has 0 aliphatic carbocycles. The van der Waals surface area contributed by atoms with Crippen molar-refractivity contribution in [3.63, 3.8) is 0 Å². The number of thiocarbonyl (C=S) groups is 1. The van der Waals surface area contributed by atoms with Gasteiger partial charge in [-0.1, -0.05) is 23.2 Å². The van der Waals surface area contributed by atoms with Crippen LogP contribution < -0.4 is 5.32 Å². The number of nitrogens with zero attached hydrogens (tertiary/aromatic N) is 1. The summed E-state index contributed by atoms with van der Waals surface area (Å²) in [6.07, 6.45) is 0.393. The molecule has 1 fully saturated rings. The van der Waals surface area contributed by atoms with Crippen molar-refractivity contribution in [3.05, 3.63) is 28.2 Å². The predicted molar refractivity (Wildman–Crippen MR) is 73.8 cm³/mol. The van der Waals surface area contributed by atoms with E-state index >= 15 is 0 Å². The van der Waals surface area contributed by atoms with Gasteiger partial charge in [-0.25, -0.2) is 4.90 Å². The summed E-state index contributed by atoms with van der Waals surface area (Å²) in [7, 11) is 0. The van der Waals surface area contributed by atoms with Crippen molar-refractivity contribution in [1.82, 2.24) is 4.90 Å². The highest BCUT2D eigenvalue weighted by molar-refractivity contribution is 7.80. The summed E-state index contributed by atoms with van der Waals surface area (Å²) in [4.78, 5) is 23.9. The van der Waals surface area contributed by atoms with E-state index in [1.54, 1.807) is 18.2 Å². The van der Waals surface area contributed by atoms with Gasteiger partial charge in [-0.2, -0.15) is 0 Å². The molecule has 0 bridgehead atoms. The normalized spacial score (nSPS) is 15.1. The Hall–Kier alpha value is -1.17. The third-order valence-electron chi connectivity index (χ3n) is 2.43. The number of carbonyl (C=O) groups excluding carboxylic acids is 2. The van der Waals surface area contributed by atoms with Gasteiger partial charge in [0, 0.05) is 18.5 Å². The number of imide groups is 1. The minimum atomic E-state index is -0.294. The van der Waals surface area contributed by atoms with Gasteiger partial charge in [0.15, 0.2) is 5.11 Å². The number of benzene rings is 1. The Morgan fingerprint density at radius 3 is 2.33 bits per heavy atom. The van der Waals surface area contributed by atoms with Crippen molar-refractivity contribution in [2.45, 2.75) is 12.8 Å². The molecular weight excluding hydrogens is 295 g/mol. The fraction of sp³-hybridized carbons (Fsp3) is 0.182. The Kier molecular flexibility index (Phi) is 3.85. The Morgan fingerprint density at radius 1 is 1.17 bits per heavy atom. The maximum atomic E-state index is 11.5. The molecular formula is C11H8Cl2N2O2S. The monoisotopic (exact) mass is 302 g/mol. The summed E-state index contributed by atoms with van der Waals surface area (Å²) in [5.74, 6) is -0.588. The van der Waals surface area contributed by atoms with Crippen molar-refractivity contribution in [2.24, 2.45) is 0 Å². The molecule has 2 rings (SSSR count). The number of hydrogen-bond donors (Lipinski definition) is 1. The van der Waals surface area contributed by atoms with E-state index in [9.17, 15) is 9.59 Å². The van der Waals surface area contributed by atoms with Crippen LogP contribution >= 0.6 is 35.4 Å². The molecule has 1 heterocycles. The molecule has 7 heteroatoms. The fourth-order valence-electron chi connectivity index (χ4n) is 1.56. The molecule has 4 nitrogen and oxygen atoms in total. The van der Waals surface area contributed by atoms with Gasteiger partial charge in [0.05, 0.1) is 10.0 Å². The lowest BCUT2D eigenvalue weighted by molar-refractivity contribution is -0.133. The van der Waals surface area contributed by atoms with E-state index in [1.165, 1.54) is 0 Å². The van der Waals surface area contributed by atoms with Crippen molar-refractivity contribution < 1.29 is 9.59 Å². The number of anilines is 1. The molecule has 1 aromatic rings. The van der Waals surface area contributed by atoms with Crippen LogP contribution in [0.15, 0.2) is 18.2 Å². The van der Waals surface area contributed by atoms with Gasteiger partial charge in [0.25, 0.3) is 0 Å². The summed E-state index contributed by atoms with van der Waals surface area (Å²) in [5.41, 5.74) is 0.571. The predicted octanol–water partition coefficient (Wildman–Crippen LogP) is 2.84. The molecule has 1 saturated heterocycles. The van der Waals surface area contributed by atoms with Crippen LogP contribution in [0.1, 0.15) is 12.8 Å². The lowest BCUT2D eigenvalue weighted by Gasteiger charge is -2.16. The van der Waals surface area contributed by atoms with Crippen molar-refractivity contribution in [2.75, 3.05) is 5.32 Å². The summed E-state index contributed by atoms with van der Waals surface area (Å²) in [5, 5.41) is 3.62. The highest BCUT2D eigenvalue weighted by Crippen LogP contribution is 2.25. The maximum Gasteiger partial charge on any atom is 0.236 e. The van der Waals surface area contributed by atoms with Crippen LogP contribution in [0.4, 0.5) is 5.69 Å². The summed E-state index contributed by atoms with van der Waals surface area (Å²) in [6, 6.07) is 4.83. The Bertz CT molecular complexity index is 532. The molecule has 1 aromatic carbocycles. The standard InChI is InChI=1S/C11H8Cl2N2O2S/c12-7-2-1-6(5-8(7)13)14-11(18)15-9(16)3-4-10(15)17/h1-2,5H,3-4H2,(H,14,18). The summed E-state index contributed by atoms with van der Waals surface area (Å²) in [6.45, 7) is 0. The number of likely N-dealkylation sites (tertiary alicyclic amines) is 1. The van der Waals surface area contributed by atoms with Crippen LogP contribution in [0.5, 0.6) is 0 Å². The number of amides is 2. The number of rotatable bonds is 1. The van der Waals surface area contributed by atoms with Gasteiger partial charge in [-0.05, 0) is 30.4 Å². The van der Waals surface area contributed by atoms with Gasteiger partial charge in [-0.3, -0.25) is 9.59 Å². The average Bonchev–Trinajstić information content (AvgIpc) is 2.64. The first-order valence-electron chi connectivity index (χ1n) is 5.11. The largest absolute Gasteiger partial charge is 0.332 e. The molecule has 0 saturated carbocycles. The van der Waals surface area contributed by atoms with E-state index in [0.717, 1.165) is 4.90 Å². The van der Waals surface area contributed by atoms with Crippen LogP contribution in [-0.2, 0) is 9.59 Å². The lowest BCUT2D eigenvalue weighted by Crippen LogP contribution is -2.38. The minimum absolute atomic E-state index is 0.0564. The molecule has 0 atom stereocenters. The SMILES string of the molecule is O=C1CCC(=O)N1C(=S)Nc1ccc(Cl)c(Cl)c1. The molecule has 0 unspecified atom stereocenters. The van der Waals surface area contributed by atoms with Crippen LogP contribution in [0.2, 0.25) is 10.0 Å². The molecule has 18 heavy (non-hydrogen) atoms. The minimum Gasteiger partial charge on any atom is -0.332 e. The van der Waals surface area contributed by atoms with Gasteiger partial charge in [0.1, 0.15) is 0 Å². The van der Waals surface area contributed by atoms with Crippen LogP contribution in [0.3, 0.4) is 0 Å². The highest BCUT2D eigenvalue weighted by atomic mass is 35.5. The van der Waals surface area contributed by atoms with E-state index in [4.69, 9.17) is 35.4 Å². The fourth-order valence-corrected chi connectivity index (χ4v) is 2.18. The van der Waals surface area contributed by atoms with Crippen molar-refractivity contribution >= 4 is 58.0 Å². The zero-order valence-corrected chi connectivity index (χ0v) is 11.4. The van der Waals surface area contributed by atoms with Gasteiger partial charge in [-0.15, -0.1) is 0 Å². The first-order valence-corrected chi connectivity index (χ1v) is 6.27. The number of hydrogen-bond acceptors (Lipinski definition) is 3. The van der Waals surface area contributed by atoms with Crippen LogP contribution in [0, 0.1) is 0 Å². The first kappa shape index (κ1) is 13.3. The molecule has 1 aliphatic heterocycles. The summed E-state index contributed by atoms with van der Waals surface area (Å²) >= 11 is 16.7. The van der Waals surface area contributed by atoms with Crippen molar-refractivity contribution in [1.29, 1.82) is 0 Å². The van der Waals surface area contributed by atoms with E-state index in [2.05, 4.69) is 5.32 Å². The molecule has 0 spiro atoms. The van der Waals surface area contributed by atoms with Gasteiger partial charge in [0.2, 0.25) is 11.8 Å². The van der Waals surface area contributed by atoms with Crippen LogP contribution in [-0.4, -0.2) is 21.8 Å². The van der Waals surface area contributed by atoms with Crippen molar-refractivity contribution in [3.8, 4) is 0 Å². The number of halogens is 2. The van der Waals surface area contributed by atoms with Gasteiger partial charge >= 0.3 is 0 Å². The second-order valence-corrected chi connectivity index (χ2v) is 4.88. The van der Waals surface area contributed by atoms with E-state index in [1.807, 2.05) is 0 Å². The molecule has 1 N–H and O–H groups in total. The molecule has 1 aliphatic rings. The summed E-state index contributed by atoms with van der Waals surface area (Å²) < 4.78 is 0. The highest BCUT2D eigenvalue weighted by Gasteiger charge is 2.32. The molecule has 0 aromatic heterocycles. The smallest absolute Gasteiger partial charge is 0.236 e. The average molecular weight is 303 g/mol. The van der Waals surface area contributed by atoms with Gasteiger partial charge < -0.3 is 5.32 Å².